The molecule has 6 nitrogen and oxygen atoms in total. The summed E-state index contributed by atoms with van der Waals surface area (Å²) in [6.07, 6.45) is 1.12. The van der Waals surface area contributed by atoms with E-state index >= 15 is 0 Å². The molecule has 1 aromatic carbocycles. The van der Waals surface area contributed by atoms with Gasteiger partial charge in [0.25, 0.3) is 0 Å². The molecular weight excluding hydrogens is 355 g/mol. The fraction of sp³-hybridized carbons (Fsp3) is 0.375. The van der Waals surface area contributed by atoms with E-state index in [-0.39, 0.29) is 0 Å². The summed E-state index contributed by atoms with van der Waals surface area (Å²) < 4.78 is 0. The van der Waals surface area contributed by atoms with Crippen LogP contribution in [0.25, 0.3) is 0 Å². The highest BCUT2D eigenvalue weighted by Crippen LogP contribution is 2.29. The third-order valence-corrected chi connectivity index (χ3v) is 3.71. The van der Waals surface area contributed by atoms with Gasteiger partial charge in [-0.25, -0.2) is 9.59 Å². The van der Waals surface area contributed by atoms with Gasteiger partial charge in [0.15, 0.2) is 0 Å². The summed E-state index contributed by atoms with van der Waals surface area (Å²) in [5.74, 6) is -2.51. The normalized spacial score (nSPS) is 20.4. The van der Waals surface area contributed by atoms with Gasteiger partial charge in [0.2, 0.25) is 0 Å². The summed E-state index contributed by atoms with van der Waals surface area (Å²) in [6, 6.07) is 6.65. The van der Waals surface area contributed by atoms with Crippen molar-refractivity contribution in [3.63, 3.8) is 0 Å². The van der Waals surface area contributed by atoms with E-state index in [2.05, 4.69) is 24.1 Å². The van der Waals surface area contributed by atoms with Crippen LogP contribution in [0.5, 0.6) is 0 Å². The minimum atomic E-state index is -1.26. The molecular formula is C16H20Cl2N2O4. The van der Waals surface area contributed by atoms with E-state index in [9.17, 15) is 9.59 Å². The largest absolute Gasteiger partial charge is 0.478 e. The number of anilines is 1. The number of hydrogen-bond acceptors (Lipinski definition) is 4. The fourth-order valence-corrected chi connectivity index (χ4v) is 2.93. The van der Waals surface area contributed by atoms with Crippen LogP contribution in [0, 0.1) is 0 Å². The first-order valence-electron chi connectivity index (χ1n) is 7.29. The molecule has 24 heavy (non-hydrogen) atoms. The molecule has 0 spiro atoms. The zero-order valence-corrected chi connectivity index (χ0v) is 14.9. The Hall–Kier alpha value is -1.76. The second kappa shape index (κ2) is 9.52. The van der Waals surface area contributed by atoms with Crippen LogP contribution in [-0.4, -0.2) is 47.3 Å². The van der Waals surface area contributed by atoms with Crippen LogP contribution >= 0.6 is 23.2 Å². The third-order valence-electron chi connectivity index (χ3n) is 3.18. The lowest BCUT2D eigenvalue weighted by molar-refractivity contribution is -0.134. The Morgan fingerprint density at radius 2 is 1.62 bits per heavy atom. The van der Waals surface area contributed by atoms with Crippen molar-refractivity contribution >= 4 is 40.8 Å². The van der Waals surface area contributed by atoms with Crippen LogP contribution in [-0.2, 0) is 9.59 Å². The van der Waals surface area contributed by atoms with Gasteiger partial charge in [-0.1, -0.05) is 23.2 Å². The fourth-order valence-electron chi connectivity index (χ4n) is 2.40. The lowest BCUT2D eigenvalue weighted by Gasteiger charge is -2.38. The van der Waals surface area contributed by atoms with Crippen molar-refractivity contribution in [3.8, 4) is 0 Å². The number of carbonyl (C=O) groups is 2. The predicted octanol–water partition coefficient (Wildman–Crippen LogP) is 2.89. The number of piperazine rings is 1. The number of hydrogen-bond donors (Lipinski definition) is 3. The second-order valence-corrected chi connectivity index (χ2v) is 6.32. The van der Waals surface area contributed by atoms with Gasteiger partial charge in [0.05, 0.1) is 10.7 Å². The highest BCUT2D eigenvalue weighted by molar-refractivity contribution is 6.36. The monoisotopic (exact) mass is 374 g/mol. The molecule has 0 radical (unpaired) electrons. The summed E-state index contributed by atoms with van der Waals surface area (Å²) >= 11 is 12.1. The maximum Gasteiger partial charge on any atom is 0.328 e. The van der Waals surface area contributed by atoms with Gasteiger partial charge in [-0.15, -0.1) is 0 Å². The molecule has 0 amide bonds. The first-order valence-corrected chi connectivity index (χ1v) is 8.04. The highest BCUT2D eigenvalue weighted by atomic mass is 35.5. The van der Waals surface area contributed by atoms with Crippen molar-refractivity contribution in [1.29, 1.82) is 0 Å². The minimum Gasteiger partial charge on any atom is -0.478 e. The minimum absolute atomic E-state index is 0.482. The summed E-state index contributed by atoms with van der Waals surface area (Å²) in [7, 11) is 0. The Labute approximate surface area is 150 Å². The van der Waals surface area contributed by atoms with E-state index in [4.69, 9.17) is 33.4 Å². The number of carboxylic acid groups (broad SMARTS) is 2. The molecule has 1 aliphatic rings. The number of nitrogens with zero attached hydrogens (tertiary/aromatic N) is 1. The Bertz CT molecular complexity index is 596. The van der Waals surface area contributed by atoms with Gasteiger partial charge in [0, 0.05) is 42.3 Å². The first kappa shape index (κ1) is 20.3. The molecule has 1 aromatic rings. The predicted molar refractivity (Wildman–Crippen MR) is 95.1 cm³/mol. The zero-order chi connectivity index (χ0) is 18.3. The zero-order valence-electron chi connectivity index (χ0n) is 13.4. The topological polar surface area (TPSA) is 89.9 Å². The number of aliphatic carboxylic acids is 2. The van der Waals surface area contributed by atoms with Gasteiger partial charge < -0.3 is 20.4 Å². The smallest absolute Gasteiger partial charge is 0.328 e. The lowest BCUT2D eigenvalue weighted by Crippen LogP contribution is -2.54. The van der Waals surface area contributed by atoms with Crippen LogP contribution in [0.1, 0.15) is 13.8 Å². The van der Waals surface area contributed by atoms with Crippen molar-refractivity contribution in [2.24, 2.45) is 0 Å². The number of halogens is 2. The molecule has 0 unspecified atom stereocenters. The average molecular weight is 375 g/mol. The Balaban J connectivity index is 0.000000307. The molecule has 0 aromatic heterocycles. The Kier molecular flexibility index (Phi) is 8.04. The standard InChI is InChI=1S/C12H16Cl2N2.C4H4O4/c1-8-6-16(7-9(2)15-8)12-4-3-10(13)5-11(12)14;5-3(6)1-2-4(7)8/h3-5,8-9,15H,6-7H2,1-2H3;1-2H,(H,5,6)(H,7,8)/b;2-1+/t8-,9+;. The van der Waals surface area contributed by atoms with Crippen LogP contribution in [0.15, 0.2) is 30.4 Å². The van der Waals surface area contributed by atoms with Crippen LogP contribution < -0.4 is 10.2 Å². The lowest BCUT2D eigenvalue weighted by atomic mass is 10.1. The molecule has 0 aliphatic carbocycles. The Morgan fingerprint density at radius 3 is 2.04 bits per heavy atom. The van der Waals surface area contributed by atoms with E-state index in [0.717, 1.165) is 23.8 Å². The molecule has 0 saturated carbocycles. The molecule has 1 aliphatic heterocycles. The van der Waals surface area contributed by atoms with Crippen molar-refractivity contribution in [2.75, 3.05) is 18.0 Å². The molecule has 8 heteroatoms. The van der Waals surface area contributed by atoms with Crippen LogP contribution in [0.4, 0.5) is 5.69 Å². The van der Waals surface area contributed by atoms with Gasteiger partial charge in [-0.3, -0.25) is 0 Å². The van der Waals surface area contributed by atoms with Crippen LogP contribution in [0.3, 0.4) is 0 Å². The van der Waals surface area contributed by atoms with Crippen molar-refractivity contribution < 1.29 is 19.8 Å². The van der Waals surface area contributed by atoms with Crippen molar-refractivity contribution in [3.05, 3.63) is 40.4 Å². The molecule has 1 heterocycles. The molecule has 132 valence electrons. The maximum absolute atomic E-state index is 9.55. The third kappa shape index (κ3) is 7.21. The quantitative estimate of drug-likeness (QED) is 0.704. The van der Waals surface area contributed by atoms with Gasteiger partial charge in [-0.2, -0.15) is 0 Å². The SMILES string of the molecule is C[C@@H]1CN(c2ccc(Cl)cc2Cl)C[C@H](C)N1.O=C(O)/C=C/C(=O)O. The summed E-state index contributed by atoms with van der Waals surface area (Å²) in [5, 5.41) is 20.5. The van der Waals surface area contributed by atoms with E-state index in [0.29, 0.717) is 29.3 Å². The van der Waals surface area contributed by atoms with E-state index in [1.54, 1.807) is 6.07 Å². The van der Waals surface area contributed by atoms with E-state index in [1.165, 1.54) is 0 Å². The molecule has 1 saturated heterocycles. The maximum atomic E-state index is 9.55. The van der Waals surface area contributed by atoms with E-state index < -0.39 is 11.9 Å². The summed E-state index contributed by atoms with van der Waals surface area (Å²) in [6.45, 7) is 6.33. The molecule has 1 fully saturated rings. The van der Waals surface area contributed by atoms with Crippen molar-refractivity contribution in [1.82, 2.24) is 5.32 Å². The highest BCUT2D eigenvalue weighted by Gasteiger charge is 2.22. The van der Waals surface area contributed by atoms with Gasteiger partial charge in [-0.05, 0) is 32.0 Å². The number of nitrogens with one attached hydrogen (secondary N) is 1. The van der Waals surface area contributed by atoms with E-state index in [1.807, 2.05) is 12.1 Å². The summed E-state index contributed by atoms with van der Waals surface area (Å²) in [5.41, 5.74) is 1.08. The van der Waals surface area contributed by atoms with Gasteiger partial charge >= 0.3 is 11.9 Å². The number of rotatable bonds is 3. The summed E-state index contributed by atoms with van der Waals surface area (Å²) in [4.78, 5) is 21.4. The van der Waals surface area contributed by atoms with Crippen LogP contribution in [0.2, 0.25) is 10.0 Å². The van der Waals surface area contributed by atoms with Crippen molar-refractivity contribution in [2.45, 2.75) is 25.9 Å². The Morgan fingerprint density at radius 1 is 1.12 bits per heavy atom. The average Bonchev–Trinajstić information content (AvgIpc) is 2.44. The second-order valence-electron chi connectivity index (χ2n) is 5.48. The molecule has 2 atom stereocenters. The molecule has 2 rings (SSSR count). The van der Waals surface area contributed by atoms with Gasteiger partial charge in [0.1, 0.15) is 0 Å². The first-order chi connectivity index (χ1) is 11.2. The molecule has 0 bridgehead atoms. The molecule has 3 N–H and O–H groups in total. The number of carboxylic acids is 2. The number of benzene rings is 1.